The first-order valence-electron chi connectivity index (χ1n) is 14.4. The molecule has 7 aromatic carbocycles. The molecule has 42 heavy (non-hydrogen) atoms. The second-order valence-electron chi connectivity index (χ2n) is 10.7. The van der Waals surface area contributed by atoms with Crippen molar-refractivity contribution in [1.29, 1.82) is 0 Å². The van der Waals surface area contributed by atoms with E-state index in [1.165, 1.54) is 49.6 Å². The molecule has 7 rings (SSSR count). The van der Waals surface area contributed by atoms with Gasteiger partial charge in [0.15, 0.2) is 0 Å². The molecule has 0 radical (unpaired) electrons. The van der Waals surface area contributed by atoms with Gasteiger partial charge in [-0.3, -0.25) is 0 Å². The first-order valence-corrected chi connectivity index (χ1v) is 14.4. The molecule has 0 unspecified atom stereocenters. The summed E-state index contributed by atoms with van der Waals surface area (Å²) in [5.41, 5.74) is 11.9. The highest BCUT2D eigenvalue weighted by Crippen LogP contribution is 2.42. The highest BCUT2D eigenvalue weighted by atomic mass is 15.1. The molecular weight excluding hydrogens is 505 g/mol. The van der Waals surface area contributed by atoms with Gasteiger partial charge < -0.3 is 4.90 Å². The Morgan fingerprint density at radius 1 is 0.357 bits per heavy atom. The van der Waals surface area contributed by atoms with Gasteiger partial charge in [0.25, 0.3) is 0 Å². The summed E-state index contributed by atoms with van der Waals surface area (Å²) in [6.45, 7) is 0. The number of hydrogen-bond acceptors (Lipinski definition) is 1. The number of nitrogens with zero attached hydrogens (tertiary/aromatic N) is 1. The second-order valence-corrected chi connectivity index (χ2v) is 10.7. The lowest BCUT2D eigenvalue weighted by Gasteiger charge is -2.27. The summed E-state index contributed by atoms with van der Waals surface area (Å²) >= 11 is 0. The molecule has 0 heterocycles. The van der Waals surface area contributed by atoms with Crippen molar-refractivity contribution in [3.05, 3.63) is 170 Å². The van der Waals surface area contributed by atoms with Crippen LogP contribution in [0.3, 0.4) is 0 Å². The maximum Gasteiger partial charge on any atom is 0.139 e. The summed E-state index contributed by atoms with van der Waals surface area (Å²) in [4.78, 5) is 2.35. The van der Waals surface area contributed by atoms with E-state index in [1.807, 2.05) is 0 Å². The summed E-state index contributed by atoms with van der Waals surface area (Å²) in [5.74, 6) is 0. The molecule has 2 heteroatoms. The number of hydrogen-bond donors (Lipinski definition) is 0. The molecule has 0 aromatic heterocycles. The lowest BCUT2D eigenvalue weighted by molar-refractivity contribution is 1.29. The van der Waals surface area contributed by atoms with Gasteiger partial charge >= 0.3 is 0 Å². The largest absolute Gasteiger partial charge is 0.310 e. The van der Waals surface area contributed by atoms with Crippen molar-refractivity contribution in [3.63, 3.8) is 0 Å². The van der Waals surface area contributed by atoms with Crippen LogP contribution in [0, 0.1) is 0 Å². The van der Waals surface area contributed by atoms with Gasteiger partial charge in [-0.1, -0.05) is 139 Å². The van der Waals surface area contributed by atoms with E-state index in [9.17, 15) is 0 Å². The fraction of sp³-hybridized carbons (Fsp3) is 0. The van der Waals surface area contributed by atoms with Gasteiger partial charge in [-0.05, 0) is 80.6 Å². The number of benzene rings is 7. The lowest BCUT2D eigenvalue weighted by atomic mass is 9.90. The molecule has 0 fully saturated rings. The Hall–Kier alpha value is -5.34. The van der Waals surface area contributed by atoms with Crippen molar-refractivity contribution in [2.45, 2.75) is 0 Å². The molecule has 7 aromatic rings. The van der Waals surface area contributed by atoms with Crippen LogP contribution in [0.25, 0.3) is 44.2 Å². The Labute approximate surface area is 248 Å². The minimum atomic E-state index is 1.12. The Morgan fingerprint density at radius 3 is 1.62 bits per heavy atom. The Kier molecular flexibility index (Phi) is 6.88. The second kappa shape index (κ2) is 11.3. The third-order valence-electron chi connectivity index (χ3n) is 7.95. The first kappa shape index (κ1) is 25.6. The summed E-state index contributed by atoms with van der Waals surface area (Å²) < 4.78 is 0. The van der Waals surface area contributed by atoms with Crippen molar-refractivity contribution in [3.8, 4) is 33.4 Å². The maximum absolute atomic E-state index is 2.35. The van der Waals surface area contributed by atoms with Gasteiger partial charge in [0.05, 0.1) is 0 Å². The predicted molar refractivity (Wildman–Crippen MR) is 183 cm³/mol. The molecule has 0 aliphatic heterocycles. The van der Waals surface area contributed by atoms with Gasteiger partial charge in [0.1, 0.15) is 7.85 Å². The van der Waals surface area contributed by atoms with E-state index in [0.717, 1.165) is 17.1 Å². The zero-order chi connectivity index (χ0) is 28.3. The van der Waals surface area contributed by atoms with Crippen LogP contribution in [0.1, 0.15) is 0 Å². The van der Waals surface area contributed by atoms with E-state index in [2.05, 4.69) is 183 Å². The molecule has 0 N–H and O–H groups in total. The monoisotopic (exact) mass is 535 g/mol. The van der Waals surface area contributed by atoms with Crippen molar-refractivity contribution in [1.82, 2.24) is 0 Å². The van der Waals surface area contributed by atoms with Crippen LogP contribution in [0.15, 0.2) is 170 Å². The Bertz CT molecular complexity index is 1960. The summed E-state index contributed by atoms with van der Waals surface area (Å²) in [6, 6.07) is 61.1. The van der Waals surface area contributed by atoms with E-state index >= 15 is 0 Å². The molecule has 0 spiro atoms. The van der Waals surface area contributed by atoms with Gasteiger partial charge in [0.2, 0.25) is 0 Å². The molecule has 0 amide bonds. The van der Waals surface area contributed by atoms with Gasteiger partial charge in [-0.15, -0.1) is 0 Å². The average Bonchev–Trinajstić information content (AvgIpc) is 3.07. The van der Waals surface area contributed by atoms with Crippen molar-refractivity contribution in [2.75, 3.05) is 4.90 Å². The smallest absolute Gasteiger partial charge is 0.139 e. The summed E-state index contributed by atoms with van der Waals surface area (Å²) in [5, 5.41) is 2.51. The molecule has 0 bridgehead atoms. The molecular formula is C40H30BN. The lowest BCUT2D eigenvalue weighted by Crippen LogP contribution is -2.12. The summed E-state index contributed by atoms with van der Waals surface area (Å²) in [6.07, 6.45) is 0. The topological polar surface area (TPSA) is 3.24 Å². The highest BCUT2D eigenvalue weighted by molar-refractivity contribution is 6.32. The van der Waals surface area contributed by atoms with Crippen LogP contribution >= 0.6 is 0 Å². The van der Waals surface area contributed by atoms with E-state index in [4.69, 9.17) is 0 Å². The van der Waals surface area contributed by atoms with Crippen LogP contribution in [0.4, 0.5) is 17.1 Å². The molecule has 0 aliphatic rings. The van der Waals surface area contributed by atoms with Crippen LogP contribution in [-0.4, -0.2) is 7.85 Å². The highest BCUT2D eigenvalue weighted by Gasteiger charge is 2.17. The zero-order valence-corrected chi connectivity index (χ0v) is 23.6. The fourth-order valence-corrected chi connectivity index (χ4v) is 5.80. The van der Waals surface area contributed by atoms with Crippen LogP contribution in [0.2, 0.25) is 0 Å². The minimum Gasteiger partial charge on any atom is -0.310 e. The number of anilines is 3. The van der Waals surface area contributed by atoms with Crippen LogP contribution < -0.4 is 10.4 Å². The van der Waals surface area contributed by atoms with Crippen LogP contribution in [-0.2, 0) is 0 Å². The van der Waals surface area contributed by atoms with Crippen LogP contribution in [0.5, 0.6) is 0 Å². The average molecular weight is 535 g/mol. The maximum atomic E-state index is 2.35. The van der Waals surface area contributed by atoms with Gasteiger partial charge in [-0.25, -0.2) is 0 Å². The first-order chi connectivity index (χ1) is 20.7. The van der Waals surface area contributed by atoms with E-state index in [1.54, 1.807) is 0 Å². The molecule has 0 atom stereocenters. The van der Waals surface area contributed by atoms with E-state index < -0.39 is 0 Å². The van der Waals surface area contributed by atoms with Crippen molar-refractivity contribution >= 4 is 41.1 Å². The van der Waals surface area contributed by atoms with Gasteiger partial charge in [0, 0.05) is 17.1 Å². The number of rotatable bonds is 6. The molecule has 0 saturated heterocycles. The normalized spacial score (nSPS) is 11.0. The quantitative estimate of drug-likeness (QED) is 0.192. The predicted octanol–water partition coefficient (Wildman–Crippen LogP) is 9.57. The zero-order valence-electron chi connectivity index (χ0n) is 23.6. The molecule has 0 saturated carbocycles. The Morgan fingerprint density at radius 2 is 0.905 bits per heavy atom. The van der Waals surface area contributed by atoms with Crippen molar-refractivity contribution in [2.24, 2.45) is 0 Å². The molecule has 1 nitrogen and oxygen atoms in total. The van der Waals surface area contributed by atoms with E-state index in [0.29, 0.717) is 0 Å². The standard InChI is InChI=1S/C40H30BN/c41-33-20-24-35(25-21-33)42(34-22-18-30(19-23-34)29-10-3-1-4-11-29)36-26-27-39(40(28-36)32-12-5-2-6-13-32)38-17-9-15-31-14-7-8-16-37(31)38/h1-28H,41H2. The number of fused-ring (bicyclic) bond motifs is 1. The Balaban J connectivity index is 1.41. The third kappa shape index (κ3) is 5.00. The molecule has 0 aliphatic carbocycles. The molecule has 198 valence electrons. The summed E-state index contributed by atoms with van der Waals surface area (Å²) in [7, 11) is 2.13. The van der Waals surface area contributed by atoms with Gasteiger partial charge in [-0.2, -0.15) is 0 Å². The SMILES string of the molecule is Bc1ccc(N(c2ccc(-c3ccccc3)cc2)c2ccc(-c3cccc4ccccc34)c(-c3ccccc3)c2)cc1. The van der Waals surface area contributed by atoms with Crippen molar-refractivity contribution < 1.29 is 0 Å². The minimum absolute atomic E-state index is 1.12. The fourth-order valence-electron chi connectivity index (χ4n) is 5.80. The van der Waals surface area contributed by atoms with E-state index in [-0.39, 0.29) is 0 Å². The third-order valence-corrected chi connectivity index (χ3v) is 7.95.